The second kappa shape index (κ2) is 7.04. The molecule has 1 aromatic heterocycles. The molecule has 4 nitrogen and oxygen atoms in total. The molecule has 0 fully saturated rings. The molecule has 0 saturated heterocycles. The highest BCUT2D eigenvalue weighted by molar-refractivity contribution is 7.07. The van der Waals surface area contributed by atoms with Gasteiger partial charge in [-0.15, -0.1) is 0 Å². The molecule has 21 heavy (non-hydrogen) atoms. The Hall–Kier alpha value is -2.14. The predicted octanol–water partition coefficient (Wildman–Crippen LogP) is 3.17. The zero-order chi connectivity index (χ0) is 15.2. The fourth-order valence-electron chi connectivity index (χ4n) is 1.80. The first-order valence-electron chi connectivity index (χ1n) is 6.63. The lowest BCUT2D eigenvalue weighted by Gasteiger charge is -2.14. The fraction of sp³-hybridized carbons (Fsp3) is 0.250. The molecule has 0 radical (unpaired) electrons. The zero-order valence-corrected chi connectivity index (χ0v) is 12.8. The molecule has 0 saturated carbocycles. The molecule has 0 aliphatic heterocycles. The molecule has 1 amide bonds. The summed E-state index contributed by atoms with van der Waals surface area (Å²) in [5, 5.41) is 6.55. The van der Waals surface area contributed by atoms with Crippen molar-refractivity contribution in [2.45, 2.75) is 26.4 Å². The first kappa shape index (κ1) is 15.3. The van der Waals surface area contributed by atoms with Crippen LogP contribution in [0, 0.1) is 6.92 Å². The van der Waals surface area contributed by atoms with Gasteiger partial charge in [-0.1, -0.05) is 18.2 Å². The van der Waals surface area contributed by atoms with Gasteiger partial charge in [0.05, 0.1) is 6.42 Å². The molecule has 2 aromatic rings. The third kappa shape index (κ3) is 4.43. The Morgan fingerprint density at radius 2 is 2.05 bits per heavy atom. The molecule has 110 valence electrons. The number of anilines is 1. The molecule has 1 aromatic carbocycles. The van der Waals surface area contributed by atoms with Crippen LogP contribution in [0.1, 0.15) is 18.1 Å². The standard InChI is InChI=1S/C16H17NO3S/c1-11-5-3-4-6-14(11)17-16(19)12(2)20-15(18)9-13-7-8-21-10-13/h3-8,10,12H,9H2,1-2H3,(H,17,19)/t12-/m0/s1. The van der Waals surface area contributed by atoms with Crippen LogP contribution in [-0.4, -0.2) is 18.0 Å². The highest BCUT2D eigenvalue weighted by Gasteiger charge is 2.18. The van der Waals surface area contributed by atoms with Crippen molar-refractivity contribution in [1.82, 2.24) is 0 Å². The monoisotopic (exact) mass is 303 g/mol. The first-order valence-corrected chi connectivity index (χ1v) is 7.57. The van der Waals surface area contributed by atoms with Gasteiger partial charge in [0.15, 0.2) is 6.10 Å². The van der Waals surface area contributed by atoms with Gasteiger partial charge in [0.2, 0.25) is 0 Å². The Morgan fingerprint density at radius 3 is 2.71 bits per heavy atom. The number of carbonyl (C=O) groups excluding carboxylic acids is 2. The van der Waals surface area contributed by atoms with E-state index in [4.69, 9.17) is 4.74 Å². The highest BCUT2D eigenvalue weighted by Crippen LogP contribution is 2.14. The van der Waals surface area contributed by atoms with Crippen LogP contribution in [0.15, 0.2) is 41.1 Å². The van der Waals surface area contributed by atoms with Crippen molar-refractivity contribution < 1.29 is 14.3 Å². The minimum Gasteiger partial charge on any atom is -0.452 e. The number of aryl methyl sites for hydroxylation is 1. The number of carbonyl (C=O) groups is 2. The van der Waals surface area contributed by atoms with E-state index in [0.29, 0.717) is 0 Å². The lowest BCUT2D eigenvalue weighted by atomic mass is 10.2. The lowest BCUT2D eigenvalue weighted by Crippen LogP contribution is -2.30. The van der Waals surface area contributed by atoms with Crippen LogP contribution >= 0.6 is 11.3 Å². The number of hydrogen-bond acceptors (Lipinski definition) is 4. The summed E-state index contributed by atoms with van der Waals surface area (Å²) >= 11 is 1.52. The average molecular weight is 303 g/mol. The number of para-hydroxylation sites is 1. The van der Waals surface area contributed by atoms with Gasteiger partial charge in [-0.05, 0) is 47.9 Å². The topological polar surface area (TPSA) is 55.4 Å². The van der Waals surface area contributed by atoms with Crippen LogP contribution in [0.25, 0.3) is 0 Å². The Kier molecular flexibility index (Phi) is 5.11. The largest absolute Gasteiger partial charge is 0.452 e. The molecule has 0 aliphatic rings. The molecular formula is C16H17NO3S. The number of thiophene rings is 1. The quantitative estimate of drug-likeness (QED) is 0.863. The molecule has 1 atom stereocenters. The summed E-state index contributed by atoms with van der Waals surface area (Å²) < 4.78 is 5.15. The molecule has 1 N–H and O–H groups in total. The normalized spacial score (nSPS) is 11.7. The van der Waals surface area contributed by atoms with Gasteiger partial charge >= 0.3 is 5.97 Å². The second-order valence-corrected chi connectivity index (χ2v) is 5.52. The maximum atomic E-state index is 12.0. The van der Waals surface area contributed by atoms with Crippen molar-refractivity contribution in [3.8, 4) is 0 Å². The average Bonchev–Trinajstić information content (AvgIpc) is 2.93. The molecule has 1 heterocycles. The van der Waals surface area contributed by atoms with E-state index >= 15 is 0 Å². The summed E-state index contributed by atoms with van der Waals surface area (Å²) in [5.74, 6) is -0.733. The molecule has 5 heteroatoms. The molecule has 0 unspecified atom stereocenters. The molecule has 2 rings (SSSR count). The van der Waals surface area contributed by atoms with Crippen molar-refractivity contribution in [3.05, 3.63) is 52.2 Å². The number of rotatable bonds is 5. The summed E-state index contributed by atoms with van der Waals surface area (Å²) in [5.41, 5.74) is 2.59. The maximum Gasteiger partial charge on any atom is 0.311 e. The van der Waals surface area contributed by atoms with E-state index in [-0.39, 0.29) is 12.3 Å². The van der Waals surface area contributed by atoms with Crippen molar-refractivity contribution in [2.75, 3.05) is 5.32 Å². The van der Waals surface area contributed by atoms with Crippen LogP contribution in [0.3, 0.4) is 0 Å². The van der Waals surface area contributed by atoms with Crippen molar-refractivity contribution in [2.24, 2.45) is 0 Å². The van der Waals surface area contributed by atoms with Crippen LogP contribution < -0.4 is 5.32 Å². The number of hydrogen-bond donors (Lipinski definition) is 1. The highest BCUT2D eigenvalue weighted by atomic mass is 32.1. The number of nitrogens with one attached hydrogen (secondary N) is 1. The molecular weight excluding hydrogens is 286 g/mol. The maximum absolute atomic E-state index is 12.0. The third-order valence-electron chi connectivity index (χ3n) is 3.01. The smallest absolute Gasteiger partial charge is 0.311 e. The van der Waals surface area contributed by atoms with E-state index in [2.05, 4.69) is 5.32 Å². The number of amides is 1. The number of esters is 1. The van der Waals surface area contributed by atoms with Crippen molar-refractivity contribution >= 4 is 28.9 Å². The SMILES string of the molecule is Cc1ccccc1NC(=O)[C@H](C)OC(=O)Cc1ccsc1. The molecule has 0 aliphatic carbocycles. The van der Waals surface area contributed by atoms with E-state index in [1.165, 1.54) is 11.3 Å². The van der Waals surface area contributed by atoms with Crippen molar-refractivity contribution in [3.63, 3.8) is 0 Å². The van der Waals surface area contributed by atoms with E-state index in [0.717, 1.165) is 16.8 Å². The van der Waals surface area contributed by atoms with Crippen LogP contribution in [0.2, 0.25) is 0 Å². The van der Waals surface area contributed by atoms with Crippen LogP contribution in [0.5, 0.6) is 0 Å². The summed E-state index contributed by atoms with van der Waals surface area (Å²) in [7, 11) is 0. The minimum atomic E-state index is -0.823. The summed E-state index contributed by atoms with van der Waals surface area (Å²) in [6, 6.07) is 9.32. The molecule has 0 spiro atoms. The lowest BCUT2D eigenvalue weighted by molar-refractivity contribution is -0.152. The number of benzene rings is 1. The summed E-state index contributed by atoms with van der Waals surface area (Å²) in [6.45, 7) is 3.47. The minimum absolute atomic E-state index is 0.186. The predicted molar refractivity (Wildman–Crippen MR) is 83.4 cm³/mol. The van der Waals surface area contributed by atoms with E-state index in [1.54, 1.807) is 6.92 Å². The van der Waals surface area contributed by atoms with Gasteiger partial charge < -0.3 is 10.1 Å². The van der Waals surface area contributed by atoms with Gasteiger partial charge in [-0.2, -0.15) is 11.3 Å². The Morgan fingerprint density at radius 1 is 1.29 bits per heavy atom. The Bertz CT molecular complexity index is 622. The Balaban J connectivity index is 1.88. The van der Waals surface area contributed by atoms with E-state index in [9.17, 15) is 9.59 Å². The zero-order valence-electron chi connectivity index (χ0n) is 12.0. The summed E-state index contributed by atoms with van der Waals surface area (Å²) in [6.07, 6.45) is -0.637. The number of ether oxygens (including phenoxy) is 1. The van der Waals surface area contributed by atoms with E-state index < -0.39 is 12.1 Å². The second-order valence-electron chi connectivity index (χ2n) is 4.74. The fourth-order valence-corrected chi connectivity index (χ4v) is 2.47. The van der Waals surface area contributed by atoms with Gasteiger partial charge in [-0.25, -0.2) is 0 Å². The van der Waals surface area contributed by atoms with Gasteiger partial charge in [0.1, 0.15) is 0 Å². The Labute approximate surface area is 127 Å². The van der Waals surface area contributed by atoms with Gasteiger partial charge in [0.25, 0.3) is 5.91 Å². The molecule has 0 bridgehead atoms. The van der Waals surface area contributed by atoms with Gasteiger partial charge in [-0.3, -0.25) is 9.59 Å². The van der Waals surface area contributed by atoms with Gasteiger partial charge in [0, 0.05) is 5.69 Å². The summed E-state index contributed by atoms with van der Waals surface area (Å²) in [4.78, 5) is 23.8. The van der Waals surface area contributed by atoms with Crippen LogP contribution in [-0.2, 0) is 20.7 Å². The first-order chi connectivity index (χ1) is 10.1. The third-order valence-corrected chi connectivity index (χ3v) is 3.74. The van der Waals surface area contributed by atoms with Crippen LogP contribution in [0.4, 0.5) is 5.69 Å². The van der Waals surface area contributed by atoms with Crippen molar-refractivity contribution in [1.29, 1.82) is 0 Å². The van der Waals surface area contributed by atoms with E-state index in [1.807, 2.05) is 48.0 Å².